The first kappa shape index (κ1) is 61.5. The van der Waals surface area contributed by atoms with E-state index in [1.807, 2.05) is 0 Å². The molecule has 29 heteroatoms. The van der Waals surface area contributed by atoms with Crippen molar-refractivity contribution < 1.29 is 73.5 Å². The molecule has 0 spiro atoms. The number of halogens is 11. The van der Waals surface area contributed by atoms with Crippen LogP contribution in [0.1, 0.15) is 5.56 Å². The molecule has 12 N–H and O–H groups in total. The predicted octanol–water partition coefficient (Wildman–Crippen LogP) is 2.55. The fourth-order valence-electron chi connectivity index (χ4n) is 4.31. The Bertz CT molecular complexity index is 2260. The third-order valence-corrected chi connectivity index (χ3v) is 9.80. The van der Waals surface area contributed by atoms with Gasteiger partial charge in [-0.3, -0.25) is 0 Å². The van der Waals surface area contributed by atoms with Crippen LogP contribution in [-0.4, -0.2) is 103 Å². The van der Waals surface area contributed by atoms with Crippen molar-refractivity contribution in [2.24, 2.45) is 0 Å². The lowest BCUT2D eigenvalue weighted by molar-refractivity contribution is -0.137. The minimum Gasteiger partial charge on any atom is -0.423 e. The standard InChI is InChI=1S/C7H6BF3O2.C6H6BBrO2.C6H4BCl3O2.C6H5BCl2O2.2C6H6BClO2/c9-7(10,11)5-1-3-6(4-2-5)8(12)13;8-6-3-1-5(2-4-6)7(9)10;8-3-1-4(9)6(7(11)12)5(10)2-3;8-5-1-4(7(10)11)2-6(9)3-5;8-6-3-1-5(2-4-6)7(9)10;8-6-3-1-2-5(4-6)7(9)10/h1-4,12-13H;1-4,9-10H;1-2,11-12H;1-3,10-11H;2*1-4,9-10H. The van der Waals surface area contributed by atoms with E-state index in [1.165, 1.54) is 36.4 Å². The molecule has 0 heterocycles. The predicted molar refractivity (Wildman–Crippen MR) is 265 cm³/mol. The smallest absolute Gasteiger partial charge is 0.423 e. The van der Waals surface area contributed by atoms with Crippen molar-refractivity contribution in [1.82, 2.24) is 0 Å². The van der Waals surface area contributed by atoms with E-state index in [2.05, 4.69) is 15.9 Å². The van der Waals surface area contributed by atoms with Gasteiger partial charge in [-0.15, -0.1) is 0 Å². The van der Waals surface area contributed by atoms with E-state index in [4.69, 9.17) is 141 Å². The molecule has 6 aromatic carbocycles. The fraction of sp³-hybridized carbons (Fsp3) is 0.0270. The first-order valence-corrected chi connectivity index (χ1v) is 21.3. The Morgan fingerprint density at radius 3 is 1.03 bits per heavy atom. The zero-order valence-corrected chi connectivity index (χ0v) is 40.0. The van der Waals surface area contributed by atoms with E-state index in [9.17, 15) is 13.2 Å². The molecule has 0 radical (unpaired) electrons. The van der Waals surface area contributed by atoms with E-state index >= 15 is 0 Å². The van der Waals surface area contributed by atoms with Crippen molar-refractivity contribution in [1.29, 1.82) is 0 Å². The minimum absolute atomic E-state index is 0.0352. The molecule has 0 unspecified atom stereocenters. The van der Waals surface area contributed by atoms with Gasteiger partial charge < -0.3 is 60.3 Å². The van der Waals surface area contributed by atoms with Gasteiger partial charge in [0.1, 0.15) is 0 Å². The van der Waals surface area contributed by atoms with Crippen LogP contribution in [0.5, 0.6) is 0 Å². The zero-order chi connectivity index (χ0) is 50.5. The van der Waals surface area contributed by atoms with Crippen molar-refractivity contribution in [2.75, 3.05) is 0 Å². The third-order valence-electron chi connectivity index (χ3n) is 7.50. The normalized spacial score (nSPS) is 10.0. The summed E-state index contributed by atoms with van der Waals surface area (Å²) in [6.45, 7) is 0. The van der Waals surface area contributed by atoms with Gasteiger partial charge in [0, 0.05) is 45.1 Å². The Morgan fingerprint density at radius 2 is 0.697 bits per heavy atom. The fourth-order valence-corrected chi connectivity index (χ4v) is 6.45. The lowest BCUT2D eigenvalue weighted by Crippen LogP contribution is -2.31. The molecule has 66 heavy (non-hydrogen) atoms. The molecule has 6 rings (SSSR count). The van der Waals surface area contributed by atoms with Gasteiger partial charge in [-0.25, -0.2) is 0 Å². The van der Waals surface area contributed by atoms with Gasteiger partial charge in [0.25, 0.3) is 0 Å². The Balaban J connectivity index is 0.000000397. The second kappa shape index (κ2) is 30.9. The first-order valence-electron chi connectivity index (χ1n) is 17.8. The second-order valence-corrected chi connectivity index (χ2v) is 16.4. The molecular weight excluding hydrogens is 1090 g/mol. The number of rotatable bonds is 6. The molecule has 0 atom stereocenters. The average molecular weight is 1120 g/mol. The summed E-state index contributed by atoms with van der Waals surface area (Å²) < 4.78 is 36.9. The molecule has 0 aliphatic heterocycles. The van der Waals surface area contributed by atoms with Gasteiger partial charge in [-0.1, -0.05) is 158 Å². The van der Waals surface area contributed by atoms with Gasteiger partial charge in [-0.05, 0) is 94.0 Å². The molecule has 0 bridgehead atoms. The maximum absolute atomic E-state index is 12.0. The maximum Gasteiger partial charge on any atom is 0.491 e. The lowest BCUT2D eigenvalue weighted by atomic mass is 9.80. The summed E-state index contributed by atoms with van der Waals surface area (Å²) in [6.07, 6.45) is -4.39. The highest BCUT2D eigenvalue weighted by molar-refractivity contribution is 9.10. The molecule has 0 fully saturated rings. The summed E-state index contributed by atoms with van der Waals surface area (Å²) in [5.74, 6) is 0. The van der Waals surface area contributed by atoms with Crippen LogP contribution < -0.4 is 32.8 Å². The van der Waals surface area contributed by atoms with Gasteiger partial charge in [0.2, 0.25) is 0 Å². The summed E-state index contributed by atoms with van der Waals surface area (Å²) in [5.41, 5.74) is 0.954. The molecule has 0 aliphatic rings. The quantitative estimate of drug-likeness (QED) is 0.108. The highest BCUT2D eigenvalue weighted by atomic mass is 79.9. The van der Waals surface area contributed by atoms with Gasteiger partial charge in [0.15, 0.2) is 0 Å². The van der Waals surface area contributed by atoms with Crippen molar-refractivity contribution >= 4 is 173 Å². The van der Waals surface area contributed by atoms with E-state index in [0.29, 0.717) is 47.0 Å². The SMILES string of the molecule is OB(O)c1c(Cl)cc(Cl)cc1Cl.OB(O)c1cc(Cl)cc(Cl)c1.OB(O)c1ccc(Br)cc1.OB(O)c1ccc(C(F)(F)F)cc1.OB(O)c1ccc(Cl)cc1.OB(O)c1cccc(Cl)c1. The Morgan fingerprint density at radius 1 is 0.348 bits per heavy atom. The Hall–Kier alpha value is -2.47. The molecule has 0 aliphatic carbocycles. The molecule has 0 saturated carbocycles. The van der Waals surface area contributed by atoms with Crippen LogP contribution in [0.25, 0.3) is 0 Å². The van der Waals surface area contributed by atoms with E-state index in [0.717, 1.165) is 28.7 Å². The lowest BCUT2D eigenvalue weighted by Gasteiger charge is -2.06. The molecule has 6 aromatic rings. The number of benzene rings is 6. The summed E-state index contributed by atoms with van der Waals surface area (Å²) in [5, 5.41) is 107. The monoisotopic (exact) mass is 1120 g/mol. The van der Waals surface area contributed by atoms with Crippen molar-refractivity contribution in [3.8, 4) is 0 Å². The molecule has 12 nitrogen and oxygen atoms in total. The summed E-state index contributed by atoms with van der Waals surface area (Å²) in [7, 11) is -9.14. The van der Waals surface area contributed by atoms with Crippen molar-refractivity contribution in [3.05, 3.63) is 173 Å². The van der Waals surface area contributed by atoms with Crippen LogP contribution in [0.15, 0.2) is 132 Å². The van der Waals surface area contributed by atoms with Gasteiger partial charge in [0.05, 0.1) is 5.56 Å². The first-order chi connectivity index (χ1) is 30.6. The number of alkyl halides is 3. The molecule has 0 saturated heterocycles. The molecular formula is C37H33B6BrCl7F3O12. The van der Waals surface area contributed by atoms with E-state index in [-0.39, 0.29) is 21.0 Å². The van der Waals surface area contributed by atoms with Gasteiger partial charge in [-0.2, -0.15) is 13.2 Å². The van der Waals surface area contributed by atoms with E-state index < -0.39 is 54.5 Å². The molecule has 348 valence electrons. The highest BCUT2D eigenvalue weighted by Crippen LogP contribution is 2.28. The third kappa shape index (κ3) is 24.7. The maximum atomic E-state index is 12.0. The topological polar surface area (TPSA) is 243 Å². The van der Waals surface area contributed by atoms with Crippen molar-refractivity contribution in [3.63, 3.8) is 0 Å². The minimum atomic E-state index is -4.39. The van der Waals surface area contributed by atoms with E-state index in [1.54, 1.807) is 66.7 Å². The highest BCUT2D eigenvalue weighted by Gasteiger charge is 2.30. The van der Waals surface area contributed by atoms with Crippen LogP contribution in [0.2, 0.25) is 35.2 Å². The molecule has 0 amide bonds. The van der Waals surface area contributed by atoms with Crippen LogP contribution in [0.3, 0.4) is 0 Å². The molecule has 0 aromatic heterocycles. The Labute approximate surface area is 421 Å². The van der Waals surface area contributed by atoms with Crippen LogP contribution >= 0.6 is 97.1 Å². The van der Waals surface area contributed by atoms with Crippen LogP contribution in [-0.2, 0) is 6.18 Å². The summed E-state index contributed by atoms with van der Waals surface area (Å²) in [4.78, 5) is 0. The summed E-state index contributed by atoms with van der Waals surface area (Å²) >= 11 is 42.4. The Kier molecular flexibility index (Phi) is 28.8. The van der Waals surface area contributed by atoms with Crippen molar-refractivity contribution in [2.45, 2.75) is 6.18 Å². The van der Waals surface area contributed by atoms with Crippen LogP contribution in [0, 0.1) is 0 Å². The largest absolute Gasteiger partial charge is 0.491 e. The van der Waals surface area contributed by atoms with Crippen LogP contribution in [0.4, 0.5) is 13.2 Å². The zero-order valence-electron chi connectivity index (χ0n) is 33.1. The number of hydrogen-bond donors (Lipinski definition) is 12. The average Bonchev–Trinajstić information content (AvgIpc) is 3.21. The number of hydrogen-bond acceptors (Lipinski definition) is 12. The summed E-state index contributed by atoms with van der Waals surface area (Å²) in [6, 6.07) is 30.4. The second-order valence-electron chi connectivity index (χ2n) is 12.5. The van der Waals surface area contributed by atoms with Gasteiger partial charge >= 0.3 is 48.9 Å².